The molecule has 1 aliphatic rings. The second kappa shape index (κ2) is 7.20. The molecular formula is C20H19F4N3O2. The number of carbonyl (C=O) groups excluding carboxylic acids is 1. The fourth-order valence-electron chi connectivity index (χ4n) is 3.97. The number of hydrogen-bond acceptors (Lipinski definition) is 2. The van der Waals surface area contributed by atoms with E-state index < -0.39 is 17.9 Å². The molecule has 154 valence electrons. The lowest BCUT2D eigenvalue weighted by atomic mass is 9.96. The topological polar surface area (TPSA) is 46.7 Å². The molecule has 1 fully saturated rings. The fourth-order valence-corrected chi connectivity index (χ4v) is 3.97. The van der Waals surface area contributed by atoms with Crippen molar-refractivity contribution in [2.24, 2.45) is 5.92 Å². The number of aryl methyl sites for hydroxylation is 1. The van der Waals surface area contributed by atoms with Crippen molar-refractivity contribution in [3.63, 3.8) is 0 Å². The maximum atomic E-state index is 13.8. The summed E-state index contributed by atoms with van der Waals surface area (Å²) in [6.07, 6.45) is -2.80. The summed E-state index contributed by atoms with van der Waals surface area (Å²) in [5.41, 5.74) is 1.05. The van der Waals surface area contributed by atoms with Crippen molar-refractivity contribution in [1.29, 1.82) is 0 Å². The van der Waals surface area contributed by atoms with Crippen LogP contribution >= 0.6 is 0 Å². The Labute approximate surface area is 163 Å². The minimum atomic E-state index is -4.24. The van der Waals surface area contributed by atoms with Crippen molar-refractivity contribution >= 4 is 22.5 Å². The van der Waals surface area contributed by atoms with Crippen LogP contribution in [-0.4, -0.2) is 39.0 Å². The zero-order valence-corrected chi connectivity index (χ0v) is 15.5. The zero-order chi connectivity index (χ0) is 20.8. The number of carbonyl (C=O) groups is 1. The summed E-state index contributed by atoms with van der Waals surface area (Å²) in [6.45, 7) is 0.120. The van der Waals surface area contributed by atoms with Gasteiger partial charge in [-0.15, -0.1) is 0 Å². The first-order valence-electron chi connectivity index (χ1n) is 9.39. The third kappa shape index (κ3) is 3.61. The molecule has 3 aromatic rings. The third-order valence-corrected chi connectivity index (χ3v) is 5.56. The predicted molar refractivity (Wildman–Crippen MR) is 99.1 cm³/mol. The van der Waals surface area contributed by atoms with Gasteiger partial charge in [-0.25, -0.2) is 4.39 Å². The molecule has 29 heavy (non-hydrogen) atoms. The molecule has 1 aromatic carbocycles. The van der Waals surface area contributed by atoms with Crippen LogP contribution < -0.4 is 5.56 Å². The largest absolute Gasteiger partial charge is 0.391 e. The van der Waals surface area contributed by atoms with Crippen LogP contribution in [0.15, 0.2) is 41.3 Å². The van der Waals surface area contributed by atoms with E-state index in [1.165, 1.54) is 21.6 Å². The van der Waals surface area contributed by atoms with Crippen LogP contribution in [0.5, 0.6) is 0 Å². The van der Waals surface area contributed by atoms with Gasteiger partial charge in [-0.1, -0.05) is 0 Å². The quantitative estimate of drug-likeness (QED) is 0.621. The molecule has 1 aliphatic heterocycles. The molecule has 2 aromatic heterocycles. The minimum absolute atomic E-state index is 0.0263. The number of fused-ring (bicyclic) bond motifs is 3. The average Bonchev–Trinajstić information content (AvgIpc) is 3.17. The van der Waals surface area contributed by atoms with Crippen molar-refractivity contribution in [2.45, 2.75) is 32.0 Å². The molecule has 4 rings (SSSR count). The highest BCUT2D eigenvalue weighted by molar-refractivity contribution is 5.80. The summed E-state index contributed by atoms with van der Waals surface area (Å²) < 4.78 is 55.2. The Morgan fingerprint density at radius 2 is 1.79 bits per heavy atom. The van der Waals surface area contributed by atoms with E-state index in [9.17, 15) is 27.2 Å². The zero-order valence-electron chi connectivity index (χ0n) is 15.5. The smallest absolute Gasteiger partial charge is 0.343 e. The molecule has 0 bridgehead atoms. The van der Waals surface area contributed by atoms with Crippen LogP contribution in [0.3, 0.4) is 0 Å². The van der Waals surface area contributed by atoms with Crippen LogP contribution in [0, 0.1) is 11.7 Å². The summed E-state index contributed by atoms with van der Waals surface area (Å²) in [6, 6.07) is 7.46. The number of amides is 1. The van der Waals surface area contributed by atoms with Gasteiger partial charge >= 0.3 is 6.18 Å². The highest BCUT2D eigenvalue weighted by atomic mass is 19.4. The number of aromatic nitrogens is 2. The van der Waals surface area contributed by atoms with Gasteiger partial charge in [-0.2, -0.15) is 13.2 Å². The molecule has 0 aliphatic carbocycles. The van der Waals surface area contributed by atoms with E-state index >= 15 is 0 Å². The Hall–Kier alpha value is -2.84. The lowest BCUT2D eigenvalue weighted by Crippen LogP contribution is -2.42. The Bertz CT molecular complexity index is 1120. The predicted octanol–water partition coefficient (Wildman–Crippen LogP) is 3.58. The Morgan fingerprint density at radius 3 is 2.48 bits per heavy atom. The number of rotatable bonds is 3. The Kier molecular flexibility index (Phi) is 4.84. The van der Waals surface area contributed by atoms with Crippen molar-refractivity contribution < 1.29 is 22.4 Å². The molecule has 0 unspecified atom stereocenters. The van der Waals surface area contributed by atoms with Gasteiger partial charge in [0.2, 0.25) is 5.91 Å². The second-order valence-electron chi connectivity index (χ2n) is 7.30. The number of piperidine rings is 1. The summed E-state index contributed by atoms with van der Waals surface area (Å²) in [5, 5.41) is 0. The van der Waals surface area contributed by atoms with Crippen LogP contribution in [0.25, 0.3) is 16.6 Å². The summed E-state index contributed by atoms with van der Waals surface area (Å²) in [5.74, 6) is -2.19. The van der Waals surface area contributed by atoms with Crippen LogP contribution in [0.4, 0.5) is 17.6 Å². The van der Waals surface area contributed by atoms with E-state index in [0.717, 1.165) is 0 Å². The van der Waals surface area contributed by atoms with Crippen molar-refractivity contribution in [3.8, 4) is 0 Å². The average molecular weight is 409 g/mol. The number of benzene rings is 1. The Morgan fingerprint density at radius 1 is 1.07 bits per heavy atom. The molecule has 0 spiro atoms. The second-order valence-corrected chi connectivity index (χ2v) is 7.30. The number of alkyl halides is 3. The highest BCUT2D eigenvalue weighted by Crippen LogP contribution is 2.34. The van der Waals surface area contributed by atoms with Crippen LogP contribution in [0.1, 0.15) is 19.3 Å². The fraction of sp³-hybridized carbons (Fsp3) is 0.400. The first kappa shape index (κ1) is 19.5. The van der Waals surface area contributed by atoms with E-state index in [0.29, 0.717) is 16.6 Å². The van der Waals surface area contributed by atoms with Crippen molar-refractivity contribution in [1.82, 2.24) is 13.9 Å². The lowest BCUT2D eigenvalue weighted by molar-refractivity contribution is -0.186. The van der Waals surface area contributed by atoms with Gasteiger partial charge in [0.15, 0.2) is 0 Å². The highest BCUT2D eigenvalue weighted by Gasteiger charge is 2.41. The maximum absolute atomic E-state index is 13.8. The van der Waals surface area contributed by atoms with Crippen molar-refractivity contribution in [2.75, 3.05) is 13.1 Å². The molecule has 9 heteroatoms. The number of hydrogen-bond donors (Lipinski definition) is 0. The summed E-state index contributed by atoms with van der Waals surface area (Å²) in [4.78, 5) is 26.7. The molecule has 3 heterocycles. The lowest BCUT2D eigenvalue weighted by Gasteiger charge is -2.33. The summed E-state index contributed by atoms with van der Waals surface area (Å²) in [7, 11) is 0. The number of halogens is 4. The van der Waals surface area contributed by atoms with E-state index in [2.05, 4.69) is 0 Å². The van der Waals surface area contributed by atoms with Crippen LogP contribution in [-0.2, 0) is 11.3 Å². The SMILES string of the molecule is O=C(CCn1c(=O)c2cccn2c2ccc(F)cc21)N1CCC(C(F)(F)F)CC1. The standard InChI is InChI=1S/C20H19F4N3O2/c21-14-3-4-15-17(12-14)27(19(29)16-2-1-8-26(15)16)11-7-18(28)25-9-5-13(6-10-25)20(22,23)24/h1-4,8,12-13H,5-7,9-11H2. The number of likely N-dealkylation sites (tertiary alicyclic amines) is 1. The molecule has 0 saturated carbocycles. The van der Waals surface area contributed by atoms with Gasteiger partial charge in [0.05, 0.1) is 17.0 Å². The van der Waals surface area contributed by atoms with E-state index in [1.807, 2.05) is 0 Å². The molecule has 1 amide bonds. The van der Waals surface area contributed by atoms with Gasteiger partial charge < -0.3 is 13.9 Å². The monoisotopic (exact) mass is 409 g/mol. The van der Waals surface area contributed by atoms with Gasteiger partial charge in [0, 0.05) is 32.3 Å². The third-order valence-electron chi connectivity index (χ3n) is 5.56. The molecule has 5 nitrogen and oxygen atoms in total. The van der Waals surface area contributed by atoms with Gasteiger partial charge in [0.25, 0.3) is 5.56 Å². The van der Waals surface area contributed by atoms with Crippen LogP contribution in [0.2, 0.25) is 0 Å². The molecular weight excluding hydrogens is 390 g/mol. The minimum Gasteiger partial charge on any atom is -0.343 e. The normalized spacial score (nSPS) is 16.1. The van der Waals surface area contributed by atoms with Gasteiger partial charge in [-0.05, 0) is 43.2 Å². The van der Waals surface area contributed by atoms with Crippen molar-refractivity contribution in [3.05, 3.63) is 52.7 Å². The maximum Gasteiger partial charge on any atom is 0.391 e. The van der Waals surface area contributed by atoms with E-state index in [-0.39, 0.29) is 50.4 Å². The first-order chi connectivity index (χ1) is 13.8. The van der Waals surface area contributed by atoms with E-state index in [1.54, 1.807) is 28.8 Å². The molecule has 0 radical (unpaired) electrons. The molecule has 0 atom stereocenters. The number of nitrogens with zero attached hydrogens (tertiary/aromatic N) is 3. The first-order valence-corrected chi connectivity index (χ1v) is 9.39. The van der Waals surface area contributed by atoms with Gasteiger partial charge in [0.1, 0.15) is 11.3 Å². The molecule has 0 N–H and O–H groups in total. The molecule has 1 saturated heterocycles. The van der Waals surface area contributed by atoms with Gasteiger partial charge in [-0.3, -0.25) is 9.59 Å². The van der Waals surface area contributed by atoms with E-state index in [4.69, 9.17) is 0 Å². The summed E-state index contributed by atoms with van der Waals surface area (Å²) >= 11 is 0. The Balaban J connectivity index is 1.55.